The van der Waals surface area contributed by atoms with Crippen LogP contribution >= 0.6 is 11.6 Å². The highest BCUT2D eigenvalue weighted by atomic mass is 35.5. The Balaban J connectivity index is 2.32. The van der Waals surface area contributed by atoms with Gasteiger partial charge in [-0.05, 0) is 37.7 Å². The largest absolute Gasteiger partial charge is 0.378 e. The lowest BCUT2D eigenvalue weighted by molar-refractivity contribution is -0.0600. The number of aromatic nitrogens is 2. The lowest BCUT2D eigenvalue weighted by Gasteiger charge is -2.37. The Morgan fingerprint density at radius 3 is 2.58 bits per heavy atom. The molecule has 0 saturated heterocycles. The molecule has 0 atom stereocenters. The molecular formula is C14H21ClN2O2. The maximum absolute atomic E-state index is 6.09. The number of nitrogens with zero attached hydrogens (tertiary/aromatic N) is 2. The molecule has 1 aliphatic rings. The zero-order valence-corrected chi connectivity index (χ0v) is 12.5. The fraction of sp³-hybridized carbons (Fsp3) is 0.714. The van der Waals surface area contributed by atoms with Crippen molar-refractivity contribution < 1.29 is 9.47 Å². The molecule has 0 N–H and O–H groups in total. The second-order valence-corrected chi connectivity index (χ2v) is 5.71. The van der Waals surface area contributed by atoms with E-state index in [1.165, 1.54) is 0 Å². The van der Waals surface area contributed by atoms with Gasteiger partial charge in [-0.2, -0.15) is 0 Å². The van der Waals surface area contributed by atoms with E-state index < -0.39 is 0 Å². The minimum absolute atomic E-state index is 0.389. The maximum Gasteiger partial charge on any atom is 0.162 e. The van der Waals surface area contributed by atoms with Crippen molar-refractivity contribution in [1.29, 1.82) is 0 Å². The van der Waals surface area contributed by atoms with E-state index in [2.05, 4.69) is 16.9 Å². The van der Waals surface area contributed by atoms with E-state index in [9.17, 15) is 0 Å². The number of rotatable bonds is 4. The van der Waals surface area contributed by atoms with Gasteiger partial charge in [-0.15, -0.1) is 0 Å². The van der Waals surface area contributed by atoms with E-state index in [4.69, 9.17) is 21.1 Å². The number of ether oxygens (including phenoxy) is 2. The Labute approximate surface area is 119 Å². The summed E-state index contributed by atoms with van der Waals surface area (Å²) < 4.78 is 10.9. The first-order chi connectivity index (χ1) is 9.09. The van der Waals surface area contributed by atoms with Gasteiger partial charge < -0.3 is 9.47 Å². The SMILES string of the molecule is COCc1cc(Cl)nc(C2(OC)CCC(C)CC2)n1. The smallest absolute Gasteiger partial charge is 0.162 e. The van der Waals surface area contributed by atoms with Gasteiger partial charge in [0.2, 0.25) is 0 Å². The van der Waals surface area contributed by atoms with Crippen LogP contribution in [-0.4, -0.2) is 24.2 Å². The molecule has 1 heterocycles. The van der Waals surface area contributed by atoms with Crippen molar-refractivity contribution in [3.8, 4) is 0 Å². The number of hydrogen-bond acceptors (Lipinski definition) is 4. The average Bonchev–Trinajstić information content (AvgIpc) is 2.40. The molecule has 1 fully saturated rings. The summed E-state index contributed by atoms with van der Waals surface area (Å²) in [5.74, 6) is 1.43. The van der Waals surface area contributed by atoms with Crippen molar-refractivity contribution in [3.63, 3.8) is 0 Å². The van der Waals surface area contributed by atoms with Gasteiger partial charge in [0.15, 0.2) is 5.82 Å². The standard InChI is InChI=1S/C14H21ClN2O2/c1-10-4-6-14(19-3,7-5-10)13-16-11(9-18-2)8-12(15)17-13/h8,10H,4-7,9H2,1-3H3. The molecule has 0 unspecified atom stereocenters. The van der Waals surface area contributed by atoms with Gasteiger partial charge in [-0.25, -0.2) is 9.97 Å². The Hall–Kier alpha value is -0.710. The van der Waals surface area contributed by atoms with Crippen molar-refractivity contribution in [2.45, 2.75) is 44.8 Å². The van der Waals surface area contributed by atoms with Crippen LogP contribution in [0.4, 0.5) is 0 Å². The molecule has 0 amide bonds. The molecule has 0 aliphatic heterocycles. The molecule has 1 aromatic rings. The maximum atomic E-state index is 6.09. The minimum atomic E-state index is -0.389. The van der Waals surface area contributed by atoms with Crippen LogP contribution in [0.15, 0.2) is 6.07 Å². The summed E-state index contributed by atoms with van der Waals surface area (Å²) in [4.78, 5) is 8.95. The van der Waals surface area contributed by atoms with Crippen molar-refractivity contribution in [1.82, 2.24) is 9.97 Å². The molecule has 0 aromatic carbocycles. The molecule has 1 aromatic heterocycles. The Morgan fingerprint density at radius 2 is 2.00 bits per heavy atom. The molecule has 5 heteroatoms. The van der Waals surface area contributed by atoms with E-state index in [1.54, 1.807) is 20.3 Å². The Morgan fingerprint density at radius 1 is 1.32 bits per heavy atom. The highest BCUT2D eigenvalue weighted by Crippen LogP contribution is 2.40. The van der Waals surface area contributed by atoms with Gasteiger partial charge in [0.1, 0.15) is 10.8 Å². The van der Waals surface area contributed by atoms with Gasteiger partial charge >= 0.3 is 0 Å². The summed E-state index contributed by atoms with van der Waals surface area (Å²) in [5, 5.41) is 0.451. The summed E-state index contributed by atoms with van der Waals surface area (Å²) >= 11 is 6.09. The molecule has 4 nitrogen and oxygen atoms in total. The van der Waals surface area contributed by atoms with E-state index in [0.717, 1.165) is 37.3 Å². The molecular weight excluding hydrogens is 264 g/mol. The fourth-order valence-corrected chi connectivity index (χ4v) is 2.84. The van der Waals surface area contributed by atoms with Gasteiger partial charge in [0.25, 0.3) is 0 Å². The number of hydrogen-bond donors (Lipinski definition) is 0. The first kappa shape index (κ1) is 14.7. The third-order valence-corrected chi connectivity index (χ3v) is 4.11. The third kappa shape index (κ3) is 3.25. The van der Waals surface area contributed by atoms with Crippen LogP contribution in [0.5, 0.6) is 0 Å². The molecule has 0 spiro atoms. The number of halogens is 1. The van der Waals surface area contributed by atoms with Crippen LogP contribution in [0.2, 0.25) is 5.15 Å². The van der Waals surface area contributed by atoms with Crippen LogP contribution in [0.25, 0.3) is 0 Å². The third-order valence-electron chi connectivity index (χ3n) is 3.92. The minimum Gasteiger partial charge on any atom is -0.378 e. The van der Waals surface area contributed by atoms with Gasteiger partial charge in [0, 0.05) is 14.2 Å². The van der Waals surface area contributed by atoms with Gasteiger partial charge in [-0.3, -0.25) is 0 Å². The second kappa shape index (κ2) is 6.16. The highest BCUT2D eigenvalue weighted by molar-refractivity contribution is 6.29. The van der Waals surface area contributed by atoms with Crippen molar-refractivity contribution in [2.24, 2.45) is 5.92 Å². The zero-order chi connectivity index (χ0) is 13.9. The van der Waals surface area contributed by atoms with E-state index in [-0.39, 0.29) is 5.60 Å². The van der Waals surface area contributed by atoms with Crippen LogP contribution in [0.1, 0.15) is 44.1 Å². The van der Waals surface area contributed by atoms with Crippen molar-refractivity contribution >= 4 is 11.6 Å². The fourth-order valence-electron chi connectivity index (χ4n) is 2.64. The predicted octanol–water partition coefficient (Wildman–Crippen LogP) is 3.33. The monoisotopic (exact) mass is 284 g/mol. The van der Waals surface area contributed by atoms with E-state index >= 15 is 0 Å². The topological polar surface area (TPSA) is 44.2 Å². The van der Waals surface area contributed by atoms with Gasteiger partial charge in [0.05, 0.1) is 12.3 Å². The molecule has 106 valence electrons. The highest BCUT2D eigenvalue weighted by Gasteiger charge is 2.39. The molecule has 19 heavy (non-hydrogen) atoms. The normalized spacial score (nSPS) is 27.5. The molecule has 2 rings (SSSR count). The van der Waals surface area contributed by atoms with Gasteiger partial charge in [-0.1, -0.05) is 18.5 Å². The first-order valence-electron chi connectivity index (χ1n) is 6.67. The molecule has 0 bridgehead atoms. The summed E-state index contributed by atoms with van der Waals surface area (Å²) in [5.41, 5.74) is 0.410. The van der Waals surface area contributed by atoms with Crippen LogP contribution < -0.4 is 0 Å². The number of methoxy groups -OCH3 is 2. The molecule has 1 aliphatic carbocycles. The zero-order valence-electron chi connectivity index (χ0n) is 11.8. The predicted molar refractivity (Wildman–Crippen MR) is 74.1 cm³/mol. The summed E-state index contributed by atoms with van der Waals surface area (Å²) in [6.07, 6.45) is 4.14. The summed E-state index contributed by atoms with van der Waals surface area (Å²) in [6.45, 7) is 2.71. The summed E-state index contributed by atoms with van der Waals surface area (Å²) in [7, 11) is 3.38. The Kier molecular flexibility index (Phi) is 4.76. The second-order valence-electron chi connectivity index (χ2n) is 5.32. The lowest BCUT2D eigenvalue weighted by atomic mass is 9.79. The Bertz CT molecular complexity index is 431. The van der Waals surface area contributed by atoms with Crippen molar-refractivity contribution in [3.05, 3.63) is 22.7 Å². The van der Waals surface area contributed by atoms with Crippen molar-refractivity contribution in [2.75, 3.05) is 14.2 Å². The first-order valence-corrected chi connectivity index (χ1v) is 7.05. The molecule has 0 radical (unpaired) electrons. The summed E-state index contributed by atoms with van der Waals surface area (Å²) in [6, 6.07) is 1.74. The van der Waals surface area contributed by atoms with Crippen LogP contribution in [-0.2, 0) is 21.7 Å². The molecule has 1 saturated carbocycles. The van der Waals surface area contributed by atoms with Crippen LogP contribution in [0.3, 0.4) is 0 Å². The quantitative estimate of drug-likeness (QED) is 0.796. The lowest BCUT2D eigenvalue weighted by Crippen LogP contribution is -2.35. The average molecular weight is 285 g/mol. The van der Waals surface area contributed by atoms with E-state index in [0.29, 0.717) is 17.6 Å². The van der Waals surface area contributed by atoms with E-state index in [1.807, 2.05) is 0 Å². The van der Waals surface area contributed by atoms with Crippen LogP contribution in [0, 0.1) is 5.92 Å².